The fourth-order valence-corrected chi connectivity index (χ4v) is 4.12. The Labute approximate surface area is 187 Å². The molecule has 0 unspecified atom stereocenters. The van der Waals surface area contributed by atoms with Crippen LogP contribution in [0.5, 0.6) is 0 Å². The highest BCUT2D eigenvalue weighted by atomic mass is 35.5. The van der Waals surface area contributed by atoms with E-state index in [-0.39, 0.29) is 11.9 Å². The molecule has 5 aromatic rings. The first kappa shape index (κ1) is 18.8. The maximum atomic E-state index is 13.4. The van der Waals surface area contributed by atoms with Crippen LogP contribution >= 0.6 is 11.6 Å². The van der Waals surface area contributed by atoms with Crippen LogP contribution < -0.4 is 0 Å². The number of aromatic amines is 2. The van der Waals surface area contributed by atoms with Crippen LogP contribution in [0.3, 0.4) is 0 Å². The van der Waals surface area contributed by atoms with Crippen molar-refractivity contribution in [2.45, 2.75) is 12.5 Å². The Morgan fingerprint density at radius 3 is 2.22 bits per heavy atom. The van der Waals surface area contributed by atoms with Gasteiger partial charge in [0.1, 0.15) is 17.6 Å². The highest BCUT2D eigenvalue weighted by molar-refractivity contribution is 6.30. The number of imidazole rings is 2. The SMILES string of the molecule is O=C(c1ccc(Cl)cc1)N1N=C(c2nc3ccccc3[nH]2)C[C@@H]1c1nc2ccccc2[nH]1. The number of amides is 1. The number of hydrogen-bond donors (Lipinski definition) is 2. The average Bonchev–Trinajstić information content (AvgIpc) is 3.54. The maximum Gasteiger partial charge on any atom is 0.274 e. The van der Waals surface area contributed by atoms with Crippen LogP contribution in [0, 0.1) is 0 Å². The number of carbonyl (C=O) groups is 1. The van der Waals surface area contributed by atoms with Gasteiger partial charge in [-0.15, -0.1) is 0 Å². The van der Waals surface area contributed by atoms with Gasteiger partial charge in [-0.25, -0.2) is 15.0 Å². The average molecular weight is 441 g/mol. The van der Waals surface area contributed by atoms with Gasteiger partial charge in [-0.05, 0) is 48.5 Å². The van der Waals surface area contributed by atoms with Gasteiger partial charge in [-0.2, -0.15) is 5.10 Å². The molecule has 0 aliphatic carbocycles. The molecule has 32 heavy (non-hydrogen) atoms. The third-order valence-electron chi connectivity index (χ3n) is 5.60. The number of nitrogens with one attached hydrogen (secondary N) is 2. The summed E-state index contributed by atoms with van der Waals surface area (Å²) in [6.07, 6.45) is 0.485. The molecular formula is C24H17ClN6O. The highest BCUT2D eigenvalue weighted by Crippen LogP contribution is 2.33. The van der Waals surface area contributed by atoms with Gasteiger partial charge in [0.25, 0.3) is 5.91 Å². The van der Waals surface area contributed by atoms with Crippen LogP contribution in [-0.4, -0.2) is 36.6 Å². The summed E-state index contributed by atoms with van der Waals surface area (Å²) in [6, 6.07) is 22.0. The monoisotopic (exact) mass is 440 g/mol. The predicted octanol–water partition coefficient (Wildman–Crippen LogP) is 5.08. The van der Waals surface area contributed by atoms with E-state index in [9.17, 15) is 4.79 Å². The molecule has 0 radical (unpaired) electrons. The molecule has 1 aliphatic rings. The van der Waals surface area contributed by atoms with E-state index in [1.54, 1.807) is 24.3 Å². The number of hydrazone groups is 1. The van der Waals surface area contributed by atoms with Gasteiger partial charge in [-0.3, -0.25) is 4.79 Å². The Hall–Kier alpha value is -3.97. The lowest BCUT2D eigenvalue weighted by Crippen LogP contribution is -2.27. The number of aromatic nitrogens is 4. The Kier molecular flexibility index (Phi) is 4.29. The molecule has 1 aliphatic heterocycles. The fraction of sp³-hybridized carbons (Fsp3) is 0.0833. The van der Waals surface area contributed by atoms with E-state index in [4.69, 9.17) is 21.7 Å². The summed E-state index contributed by atoms with van der Waals surface area (Å²) in [5.41, 5.74) is 4.75. The van der Waals surface area contributed by atoms with Gasteiger partial charge in [0, 0.05) is 17.0 Å². The number of hydrogen-bond acceptors (Lipinski definition) is 4. The maximum absolute atomic E-state index is 13.4. The van der Waals surface area contributed by atoms with Gasteiger partial charge in [0.15, 0.2) is 5.82 Å². The standard InChI is InChI=1S/C24H17ClN6O/c25-15-11-9-14(10-12-15)24(32)31-21(23-28-18-7-3-4-8-19(18)29-23)13-20(30-31)22-26-16-5-1-2-6-17(16)27-22/h1-12,21H,13H2,(H,26,27)(H,28,29)/t21-/m1/s1. The predicted molar refractivity (Wildman–Crippen MR) is 124 cm³/mol. The molecule has 0 saturated carbocycles. The zero-order valence-corrected chi connectivity index (χ0v) is 17.5. The number of H-pyrrole nitrogens is 2. The summed E-state index contributed by atoms with van der Waals surface area (Å²) < 4.78 is 0. The topological polar surface area (TPSA) is 90.0 Å². The molecule has 0 bridgehead atoms. The van der Waals surface area contributed by atoms with Crippen molar-refractivity contribution in [3.8, 4) is 0 Å². The zero-order valence-electron chi connectivity index (χ0n) is 16.8. The normalized spacial score (nSPS) is 16.1. The van der Waals surface area contributed by atoms with Crippen molar-refractivity contribution in [3.05, 3.63) is 95.0 Å². The molecule has 0 spiro atoms. The molecule has 6 rings (SSSR count). The van der Waals surface area contributed by atoms with E-state index >= 15 is 0 Å². The van der Waals surface area contributed by atoms with E-state index in [1.807, 2.05) is 48.5 Å². The van der Waals surface area contributed by atoms with Crippen LogP contribution in [0.15, 0.2) is 77.9 Å². The second-order valence-electron chi connectivity index (χ2n) is 7.66. The molecule has 0 fully saturated rings. The van der Waals surface area contributed by atoms with E-state index in [0.29, 0.717) is 34.4 Å². The number of fused-ring (bicyclic) bond motifs is 2. The molecule has 3 heterocycles. The molecule has 1 amide bonds. The second-order valence-corrected chi connectivity index (χ2v) is 8.10. The van der Waals surface area contributed by atoms with Gasteiger partial charge in [-0.1, -0.05) is 35.9 Å². The molecule has 0 saturated heterocycles. The summed E-state index contributed by atoms with van der Waals surface area (Å²) in [6.45, 7) is 0. The van der Waals surface area contributed by atoms with Crippen LogP contribution in [0.1, 0.15) is 34.5 Å². The molecular weight excluding hydrogens is 424 g/mol. The Morgan fingerprint density at radius 1 is 0.875 bits per heavy atom. The molecule has 3 aromatic carbocycles. The lowest BCUT2D eigenvalue weighted by Gasteiger charge is -2.20. The summed E-state index contributed by atoms with van der Waals surface area (Å²) in [5.74, 6) is 1.11. The molecule has 2 aromatic heterocycles. The minimum Gasteiger partial charge on any atom is -0.340 e. The second kappa shape index (κ2) is 7.32. The quantitative estimate of drug-likeness (QED) is 0.409. The fourth-order valence-electron chi connectivity index (χ4n) is 4.00. The van der Waals surface area contributed by atoms with Crippen molar-refractivity contribution in [2.75, 3.05) is 0 Å². The summed E-state index contributed by atoms with van der Waals surface area (Å²) >= 11 is 6.01. The number of nitrogens with zero attached hydrogens (tertiary/aromatic N) is 4. The molecule has 2 N–H and O–H groups in total. The van der Waals surface area contributed by atoms with Crippen molar-refractivity contribution in [1.29, 1.82) is 0 Å². The third kappa shape index (κ3) is 3.14. The Bertz CT molecular complexity index is 1430. The van der Waals surface area contributed by atoms with Crippen LogP contribution in [0.2, 0.25) is 5.02 Å². The largest absolute Gasteiger partial charge is 0.340 e. The lowest BCUT2D eigenvalue weighted by atomic mass is 10.1. The molecule has 8 heteroatoms. The zero-order chi connectivity index (χ0) is 21.7. The van der Waals surface area contributed by atoms with E-state index in [2.05, 4.69) is 15.0 Å². The summed E-state index contributed by atoms with van der Waals surface area (Å²) in [7, 11) is 0. The smallest absolute Gasteiger partial charge is 0.274 e. The van der Waals surface area contributed by atoms with Crippen LogP contribution in [0.4, 0.5) is 0 Å². The number of benzene rings is 3. The summed E-state index contributed by atoms with van der Waals surface area (Å²) in [5, 5.41) is 6.76. The first-order valence-electron chi connectivity index (χ1n) is 10.2. The van der Waals surface area contributed by atoms with Gasteiger partial charge >= 0.3 is 0 Å². The van der Waals surface area contributed by atoms with Crippen molar-refractivity contribution in [3.63, 3.8) is 0 Å². The van der Waals surface area contributed by atoms with E-state index in [0.717, 1.165) is 22.1 Å². The number of para-hydroxylation sites is 4. The van der Waals surface area contributed by atoms with Crippen LogP contribution in [-0.2, 0) is 0 Å². The summed E-state index contributed by atoms with van der Waals surface area (Å²) in [4.78, 5) is 29.5. The van der Waals surface area contributed by atoms with E-state index in [1.165, 1.54) is 5.01 Å². The Morgan fingerprint density at radius 2 is 1.53 bits per heavy atom. The molecule has 7 nitrogen and oxygen atoms in total. The van der Waals surface area contributed by atoms with Crippen molar-refractivity contribution >= 4 is 45.3 Å². The molecule has 1 atom stereocenters. The van der Waals surface area contributed by atoms with Gasteiger partial charge < -0.3 is 9.97 Å². The minimum atomic E-state index is -0.381. The van der Waals surface area contributed by atoms with Crippen molar-refractivity contribution < 1.29 is 4.79 Å². The van der Waals surface area contributed by atoms with Crippen molar-refractivity contribution in [2.24, 2.45) is 5.10 Å². The van der Waals surface area contributed by atoms with E-state index < -0.39 is 0 Å². The Balaban J connectivity index is 1.43. The lowest BCUT2D eigenvalue weighted by molar-refractivity contribution is 0.0705. The van der Waals surface area contributed by atoms with Crippen molar-refractivity contribution in [1.82, 2.24) is 24.9 Å². The highest BCUT2D eigenvalue weighted by Gasteiger charge is 2.36. The molecule has 156 valence electrons. The van der Waals surface area contributed by atoms with Crippen LogP contribution in [0.25, 0.3) is 22.1 Å². The first-order valence-corrected chi connectivity index (χ1v) is 10.6. The number of rotatable bonds is 3. The third-order valence-corrected chi connectivity index (χ3v) is 5.85. The van der Waals surface area contributed by atoms with Gasteiger partial charge in [0.05, 0.1) is 22.1 Å². The first-order chi connectivity index (χ1) is 15.7. The number of halogens is 1. The van der Waals surface area contributed by atoms with Gasteiger partial charge in [0.2, 0.25) is 0 Å². The number of carbonyl (C=O) groups excluding carboxylic acids is 1. The minimum absolute atomic E-state index is 0.224.